The van der Waals surface area contributed by atoms with Crippen molar-refractivity contribution in [3.8, 4) is 0 Å². The van der Waals surface area contributed by atoms with Crippen molar-refractivity contribution in [2.75, 3.05) is 26.4 Å². The fourth-order valence-corrected chi connectivity index (χ4v) is 0. The van der Waals surface area contributed by atoms with Gasteiger partial charge in [-0.25, -0.2) is 0 Å². The molecule has 0 heterocycles. The second-order valence-corrected chi connectivity index (χ2v) is 1.26. The van der Waals surface area contributed by atoms with E-state index in [0.717, 1.165) is 0 Å². The summed E-state index contributed by atoms with van der Waals surface area (Å²) >= 11 is 0. The van der Waals surface area contributed by atoms with Gasteiger partial charge in [0.05, 0.1) is 0 Å². The number of rotatable bonds is 0. The topological polar surface area (TPSA) is 80.9 Å². The maximum Gasteiger partial charge on any atom is 0.0402 e. The van der Waals surface area contributed by atoms with E-state index in [-0.39, 0.29) is 43.5 Å². The zero-order chi connectivity index (χ0) is 10.8. The van der Waals surface area contributed by atoms with Gasteiger partial charge in [-0.3, -0.25) is 0 Å². The van der Waals surface area contributed by atoms with E-state index in [9.17, 15) is 0 Å². The van der Waals surface area contributed by atoms with Crippen molar-refractivity contribution in [2.24, 2.45) is 0 Å². The first-order valence-corrected chi connectivity index (χ1v) is 4.09. The molecule has 0 aliphatic rings. The van der Waals surface area contributed by atoms with Gasteiger partial charge in [-0.1, -0.05) is 0 Å². The zero-order valence-corrected chi connectivity index (χ0v) is 10.1. The number of aliphatic hydroxyl groups excluding tert-OH is 4. The molecule has 0 saturated heterocycles. The summed E-state index contributed by atoms with van der Waals surface area (Å²) in [6.07, 6.45) is 0. The van der Waals surface area contributed by atoms with Crippen LogP contribution < -0.4 is 0 Å². The third kappa shape index (κ3) is 10300. The van der Waals surface area contributed by atoms with E-state index in [1.807, 2.05) is 0 Å². The summed E-state index contributed by atoms with van der Waals surface area (Å²) < 4.78 is 0. The molecule has 0 atom stereocenters. The van der Waals surface area contributed by atoms with Crippen molar-refractivity contribution in [3.05, 3.63) is 0 Å². The molecule has 0 amide bonds. The van der Waals surface area contributed by atoms with Crippen LogP contribution in [0.1, 0.15) is 27.7 Å². The third-order valence-electron chi connectivity index (χ3n) is 0. The molecule has 4 N–H and O–H groups in total. The Balaban J connectivity index is -0.0000000213. The molecule has 0 spiro atoms. The Morgan fingerprint density at radius 1 is 0.538 bits per heavy atom. The average Bonchev–Trinajstić information content (AvgIpc) is 1.92. The molecular weight excluding hydrogens is 216 g/mol. The van der Waals surface area contributed by atoms with Crippen LogP contribution in [0.5, 0.6) is 0 Å². The molecule has 0 unspecified atom stereocenters. The predicted molar refractivity (Wildman–Crippen MR) is 51.0 cm³/mol. The SMILES string of the molecule is CCO.CCO.CCO.CCO.[Fe]. The van der Waals surface area contributed by atoms with Gasteiger partial charge in [0, 0.05) is 43.5 Å². The Morgan fingerprint density at radius 2 is 0.538 bits per heavy atom. The van der Waals surface area contributed by atoms with Crippen molar-refractivity contribution >= 4 is 0 Å². The van der Waals surface area contributed by atoms with E-state index in [2.05, 4.69) is 0 Å². The molecule has 0 aromatic rings. The maximum absolute atomic E-state index is 7.57. The summed E-state index contributed by atoms with van der Waals surface area (Å²) in [5, 5.41) is 30.3. The normalized spacial score (nSPS) is 5.54. The van der Waals surface area contributed by atoms with Crippen molar-refractivity contribution in [1.29, 1.82) is 0 Å². The molecule has 88 valence electrons. The molecule has 0 rings (SSSR count). The molecule has 5 heteroatoms. The standard InChI is InChI=1S/4C2H6O.Fe/c4*1-2-3;/h4*3H,2H2,1H3;. The first kappa shape index (κ1) is 29.2. The number of hydrogen-bond donors (Lipinski definition) is 4. The minimum Gasteiger partial charge on any atom is -0.397 e. The summed E-state index contributed by atoms with van der Waals surface area (Å²) in [6.45, 7) is 7.72. The van der Waals surface area contributed by atoms with E-state index in [1.54, 1.807) is 27.7 Å². The third-order valence-corrected chi connectivity index (χ3v) is 0. The Morgan fingerprint density at radius 3 is 0.538 bits per heavy atom. The van der Waals surface area contributed by atoms with Crippen LogP contribution in [0.15, 0.2) is 0 Å². The Labute approximate surface area is 92.1 Å². The molecule has 0 saturated carbocycles. The van der Waals surface area contributed by atoms with Crippen molar-refractivity contribution in [1.82, 2.24) is 0 Å². The smallest absolute Gasteiger partial charge is 0.0402 e. The van der Waals surface area contributed by atoms with Gasteiger partial charge in [0.2, 0.25) is 0 Å². The molecule has 0 aliphatic carbocycles. The molecule has 0 bridgehead atoms. The monoisotopic (exact) mass is 240 g/mol. The summed E-state index contributed by atoms with van der Waals surface area (Å²) in [5.41, 5.74) is 0. The van der Waals surface area contributed by atoms with Gasteiger partial charge in [0.15, 0.2) is 0 Å². The minimum absolute atomic E-state index is 0. The van der Waals surface area contributed by atoms with Gasteiger partial charge in [0.1, 0.15) is 0 Å². The van der Waals surface area contributed by atoms with Crippen LogP contribution in [0.3, 0.4) is 0 Å². The molecule has 0 aliphatic heterocycles. The predicted octanol–water partition coefficient (Wildman–Crippen LogP) is -0.00810. The van der Waals surface area contributed by atoms with Crippen LogP contribution in [0.25, 0.3) is 0 Å². The maximum atomic E-state index is 7.57. The minimum atomic E-state index is 0. The van der Waals surface area contributed by atoms with E-state index >= 15 is 0 Å². The first-order valence-electron chi connectivity index (χ1n) is 4.09. The van der Waals surface area contributed by atoms with Crippen LogP contribution in [0.4, 0.5) is 0 Å². The van der Waals surface area contributed by atoms with E-state index < -0.39 is 0 Å². The fourth-order valence-electron chi connectivity index (χ4n) is 0. The van der Waals surface area contributed by atoms with Crippen molar-refractivity contribution in [3.63, 3.8) is 0 Å². The second kappa shape index (κ2) is 83.9. The second-order valence-electron chi connectivity index (χ2n) is 1.26. The number of hydrogen-bond acceptors (Lipinski definition) is 4. The molecule has 0 aromatic heterocycles. The molecule has 13 heavy (non-hydrogen) atoms. The van der Waals surface area contributed by atoms with Crippen LogP contribution in [0, 0.1) is 0 Å². The first-order chi connectivity index (χ1) is 5.66. The van der Waals surface area contributed by atoms with Gasteiger partial charge in [-0.05, 0) is 27.7 Å². The van der Waals surface area contributed by atoms with Crippen molar-refractivity contribution < 1.29 is 37.5 Å². The summed E-state index contributed by atoms with van der Waals surface area (Å²) in [5.74, 6) is 0. The molecular formula is C8H24FeO4. The molecule has 0 aromatic carbocycles. The zero-order valence-electron chi connectivity index (χ0n) is 8.97. The molecule has 4 nitrogen and oxygen atoms in total. The summed E-state index contributed by atoms with van der Waals surface area (Å²) in [6, 6.07) is 0. The molecule has 0 fully saturated rings. The van der Waals surface area contributed by atoms with Crippen LogP contribution in [0.2, 0.25) is 0 Å². The van der Waals surface area contributed by atoms with E-state index in [1.165, 1.54) is 0 Å². The van der Waals surface area contributed by atoms with Gasteiger partial charge < -0.3 is 20.4 Å². The number of aliphatic hydroxyl groups is 4. The van der Waals surface area contributed by atoms with Gasteiger partial charge in [-0.15, -0.1) is 0 Å². The van der Waals surface area contributed by atoms with Crippen LogP contribution in [-0.2, 0) is 17.1 Å². The van der Waals surface area contributed by atoms with Gasteiger partial charge >= 0.3 is 0 Å². The summed E-state index contributed by atoms with van der Waals surface area (Å²) in [4.78, 5) is 0. The molecule has 0 radical (unpaired) electrons. The Kier molecular flexibility index (Phi) is 189. The Hall–Kier alpha value is 0.359. The average molecular weight is 240 g/mol. The fraction of sp³-hybridized carbons (Fsp3) is 1.00. The van der Waals surface area contributed by atoms with E-state index in [0.29, 0.717) is 0 Å². The quantitative estimate of drug-likeness (QED) is 0.449. The van der Waals surface area contributed by atoms with Crippen molar-refractivity contribution in [2.45, 2.75) is 27.7 Å². The van der Waals surface area contributed by atoms with Crippen LogP contribution in [-0.4, -0.2) is 46.9 Å². The van der Waals surface area contributed by atoms with E-state index in [4.69, 9.17) is 20.4 Å². The Bertz CT molecular complexity index is 24.1. The van der Waals surface area contributed by atoms with Crippen LogP contribution >= 0.6 is 0 Å². The summed E-state index contributed by atoms with van der Waals surface area (Å²) in [7, 11) is 0. The largest absolute Gasteiger partial charge is 0.397 e. The van der Waals surface area contributed by atoms with Gasteiger partial charge in [0.25, 0.3) is 0 Å². The van der Waals surface area contributed by atoms with Gasteiger partial charge in [-0.2, -0.15) is 0 Å².